The van der Waals surface area contributed by atoms with E-state index in [1.807, 2.05) is 20.8 Å². The first kappa shape index (κ1) is 20.7. The number of sulfone groups is 1. The van der Waals surface area contributed by atoms with Crippen LogP contribution in [0.3, 0.4) is 0 Å². The highest BCUT2D eigenvalue weighted by molar-refractivity contribution is 7.92. The molecule has 5 heteroatoms. The van der Waals surface area contributed by atoms with Crippen LogP contribution < -0.4 is 0 Å². The van der Waals surface area contributed by atoms with Gasteiger partial charge in [0.25, 0.3) is 0 Å². The predicted molar refractivity (Wildman–Crippen MR) is 106 cm³/mol. The second-order valence-corrected chi connectivity index (χ2v) is 10.5. The molecule has 0 bridgehead atoms. The first-order chi connectivity index (χ1) is 11.9. The van der Waals surface area contributed by atoms with Gasteiger partial charge in [-0.15, -0.1) is 0 Å². The van der Waals surface area contributed by atoms with E-state index in [0.29, 0.717) is 5.57 Å². The number of carbonyl (C=O) groups is 1. The molecule has 0 saturated carbocycles. The summed E-state index contributed by atoms with van der Waals surface area (Å²) in [5, 5.41) is 10.8. The molecule has 26 heavy (non-hydrogen) atoms. The van der Waals surface area contributed by atoms with Gasteiger partial charge in [0.2, 0.25) is 0 Å². The van der Waals surface area contributed by atoms with Crippen LogP contribution in [0, 0.1) is 12.8 Å². The first-order valence-electron chi connectivity index (χ1n) is 9.21. The quantitative estimate of drug-likeness (QED) is 0.834. The Morgan fingerprint density at radius 3 is 2.00 bits per heavy atom. The van der Waals surface area contributed by atoms with E-state index in [1.54, 1.807) is 13.8 Å². The van der Waals surface area contributed by atoms with Crippen molar-refractivity contribution in [2.75, 3.05) is 6.26 Å². The highest BCUT2D eigenvalue weighted by Crippen LogP contribution is 2.41. The van der Waals surface area contributed by atoms with E-state index in [1.165, 1.54) is 6.26 Å². The van der Waals surface area contributed by atoms with Crippen molar-refractivity contribution in [2.24, 2.45) is 5.92 Å². The van der Waals surface area contributed by atoms with Gasteiger partial charge in [0, 0.05) is 19.1 Å². The van der Waals surface area contributed by atoms with Gasteiger partial charge in [-0.25, -0.2) is 8.42 Å². The molecule has 2 rings (SSSR count). The summed E-state index contributed by atoms with van der Waals surface area (Å²) < 4.78 is 23.2. The summed E-state index contributed by atoms with van der Waals surface area (Å²) in [5.41, 5.74) is 4.48. The SMILES string of the molecule is CCc1cc(C)cc(CC)c1C1=C(O)CC(C(C)(C)S(C)(=O)=O)CC1=O. The van der Waals surface area contributed by atoms with Crippen molar-refractivity contribution in [2.45, 2.75) is 65.0 Å². The van der Waals surface area contributed by atoms with Gasteiger partial charge < -0.3 is 5.11 Å². The molecule has 1 aliphatic rings. The van der Waals surface area contributed by atoms with Crippen molar-refractivity contribution in [3.05, 3.63) is 40.1 Å². The summed E-state index contributed by atoms with van der Waals surface area (Å²) in [6, 6.07) is 4.13. The number of allylic oxidation sites excluding steroid dienone is 2. The Morgan fingerprint density at radius 1 is 1.12 bits per heavy atom. The van der Waals surface area contributed by atoms with Gasteiger partial charge in [-0.1, -0.05) is 31.5 Å². The topological polar surface area (TPSA) is 71.4 Å². The highest BCUT2D eigenvalue weighted by Gasteiger charge is 2.44. The molecule has 1 N–H and O–H groups in total. The van der Waals surface area contributed by atoms with E-state index in [2.05, 4.69) is 12.1 Å². The fraction of sp³-hybridized carbons (Fsp3) is 0.571. The van der Waals surface area contributed by atoms with E-state index < -0.39 is 20.5 Å². The Hall–Kier alpha value is -1.62. The molecule has 144 valence electrons. The van der Waals surface area contributed by atoms with Crippen molar-refractivity contribution in [3.8, 4) is 0 Å². The third-order valence-electron chi connectivity index (χ3n) is 5.84. The molecule has 0 aromatic heterocycles. The third kappa shape index (κ3) is 3.59. The summed E-state index contributed by atoms with van der Waals surface area (Å²) >= 11 is 0. The Bertz CT molecular complexity index is 835. The van der Waals surface area contributed by atoms with Crippen molar-refractivity contribution in [1.82, 2.24) is 0 Å². The van der Waals surface area contributed by atoms with Crippen molar-refractivity contribution in [3.63, 3.8) is 0 Å². The molecule has 4 nitrogen and oxygen atoms in total. The zero-order valence-electron chi connectivity index (χ0n) is 16.6. The maximum Gasteiger partial charge on any atom is 0.167 e. The fourth-order valence-electron chi connectivity index (χ4n) is 3.79. The number of Topliss-reactive ketones (excluding diaryl/α,β-unsaturated/α-hetero) is 1. The van der Waals surface area contributed by atoms with Crippen LogP contribution in [-0.2, 0) is 27.5 Å². The Balaban J connectivity index is 2.60. The molecular weight excluding hydrogens is 348 g/mol. The van der Waals surface area contributed by atoms with Gasteiger partial charge in [-0.2, -0.15) is 0 Å². The summed E-state index contributed by atoms with van der Waals surface area (Å²) in [4.78, 5) is 13.0. The average Bonchev–Trinajstić information content (AvgIpc) is 2.53. The lowest BCUT2D eigenvalue weighted by Gasteiger charge is -2.35. The number of carbonyl (C=O) groups excluding carboxylic acids is 1. The maximum atomic E-state index is 13.0. The minimum Gasteiger partial charge on any atom is -0.512 e. The maximum absolute atomic E-state index is 13.0. The van der Waals surface area contributed by atoms with Gasteiger partial charge in [0.1, 0.15) is 5.76 Å². The van der Waals surface area contributed by atoms with Gasteiger partial charge in [-0.05, 0) is 56.2 Å². The molecule has 1 aliphatic carbocycles. The lowest BCUT2D eigenvalue weighted by molar-refractivity contribution is -0.115. The van der Waals surface area contributed by atoms with E-state index in [4.69, 9.17) is 0 Å². The first-order valence-corrected chi connectivity index (χ1v) is 11.1. The molecule has 0 spiro atoms. The number of aryl methyl sites for hydroxylation is 3. The number of hydrogen-bond donors (Lipinski definition) is 1. The molecule has 1 aromatic carbocycles. The second-order valence-electron chi connectivity index (χ2n) is 7.89. The van der Waals surface area contributed by atoms with Crippen LogP contribution in [0.2, 0.25) is 0 Å². The minimum absolute atomic E-state index is 0.0243. The van der Waals surface area contributed by atoms with E-state index >= 15 is 0 Å². The normalized spacial score (nSPS) is 19.2. The van der Waals surface area contributed by atoms with Crippen LogP contribution in [0.15, 0.2) is 17.9 Å². The van der Waals surface area contributed by atoms with Crippen LogP contribution in [0.5, 0.6) is 0 Å². The monoisotopic (exact) mass is 378 g/mol. The smallest absolute Gasteiger partial charge is 0.167 e. The zero-order chi connectivity index (χ0) is 19.9. The molecule has 1 atom stereocenters. The molecule has 0 saturated heterocycles. The summed E-state index contributed by atoms with van der Waals surface area (Å²) in [5.74, 6) is -0.561. The van der Waals surface area contributed by atoms with Gasteiger partial charge in [0.05, 0.1) is 10.3 Å². The predicted octanol–water partition coefficient (Wildman–Crippen LogP) is 4.19. The number of aliphatic hydroxyl groups is 1. The number of benzene rings is 1. The Kier molecular flexibility index (Phi) is 5.71. The molecular formula is C21H30O4S. The van der Waals surface area contributed by atoms with E-state index in [9.17, 15) is 18.3 Å². The molecule has 0 radical (unpaired) electrons. The summed E-state index contributed by atoms with van der Waals surface area (Å²) in [6.45, 7) is 9.39. The average molecular weight is 379 g/mol. The van der Waals surface area contributed by atoms with Crippen LogP contribution in [0.4, 0.5) is 0 Å². The molecule has 0 heterocycles. The number of hydrogen-bond acceptors (Lipinski definition) is 4. The fourth-order valence-corrected chi connectivity index (χ4v) is 4.57. The van der Waals surface area contributed by atoms with Gasteiger partial charge >= 0.3 is 0 Å². The minimum atomic E-state index is -3.35. The standard InChI is InChI=1S/C21H30O4S/c1-7-14-9-13(3)10-15(8-2)19(14)20-17(22)11-16(12-18(20)23)21(4,5)26(6,24)25/h9-10,16,22H,7-8,11-12H2,1-6H3. The molecule has 0 amide bonds. The summed E-state index contributed by atoms with van der Waals surface area (Å²) in [6.07, 6.45) is 3.08. The number of aliphatic hydroxyl groups excluding tert-OH is 1. The largest absolute Gasteiger partial charge is 0.512 e. The lowest BCUT2D eigenvalue weighted by Crippen LogP contribution is -2.42. The summed E-state index contributed by atoms with van der Waals surface area (Å²) in [7, 11) is -3.35. The third-order valence-corrected chi connectivity index (χ3v) is 8.08. The second kappa shape index (κ2) is 7.18. The van der Waals surface area contributed by atoms with Crippen LogP contribution in [-0.4, -0.2) is 30.3 Å². The van der Waals surface area contributed by atoms with Crippen LogP contribution in [0.25, 0.3) is 5.57 Å². The van der Waals surface area contributed by atoms with E-state index in [0.717, 1.165) is 35.1 Å². The number of rotatable bonds is 5. The molecule has 1 aromatic rings. The number of ketones is 1. The molecule has 0 fully saturated rings. The Labute approximate surface area is 157 Å². The van der Waals surface area contributed by atoms with Crippen LogP contribution in [0.1, 0.15) is 62.8 Å². The van der Waals surface area contributed by atoms with Crippen molar-refractivity contribution in [1.29, 1.82) is 0 Å². The highest BCUT2D eigenvalue weighted by atomic mass is 32.2. The van der Waals surface area contributed by atoms with Crippen molar-refractivity contribution >= 4 is 21.2 Å². The molecule has 0 aliphatic heterocycles. The zero-order valence-corrected chi connectivity index (χ0v) is 17.5. The van der Waals surface area contributed by atoms with Crippen molar-refractivity contribution < 1.29 is 18.3 Å². The molecule has 1 unspecified atom stereocenters. The van der Waals surface area contributed by atoms with Crippen LogP contribution >= 0.6 is 0 Å². The lowest BCUT2D eigenvalue weighted by atomic mass is 9.76. The van der Waals surface area contributed by atoms with Gasteiger partial charge in [-0.3, -0.25) is 4.79 Å². The van der Waals surface area contributed by atoms with E-state index in [-0.39, 0.29) is 24.4 Å². The Morgan fingerprint density at radius 2 is 1.62 bits per heavy atom. The van der Waals surface area contributed by atoms with Gasteiger partial charge in [0.15, 0.2) is 15.6 Å².